The molecule has 0 aromatic carbocycles. The molecule has 0 aromatic rings. The third-order valence-corrected chi connectivity index (χ3v) is 5.67. The van der Waals surface area contributed by atoms with Crippen LogP contribution >= 0.6 is 0 Å². The second kappa shape index (κ2) is 8.02. The molecule has 0 radical (unpaired) electrons. The molecule has 0 N–H and O–H groups in total. The molecule has 0 amide bonds. The molecule has 0 bridgehead atoms. The van der Waals surface area contributed by atoms with Gasteiger partial charge in [-0.25, -0.2) is 0 Å². The van der Waals surface area contributed by atoms with Crippen LogP contribution in [0.25, 0.3) is 0 Å². The molecule has 0 saturated heterocycles. The van der Waals surface area contributed by atoms with Crippen LogP contribution in [0.1, 0.15) is 72.6 Å². The van der Waals surface area contributed by atoms with Gasteiger partial charge in [0, 0.05) is 0 Å². The summed E-state index contributed by atoms with van der Waals surface area (Å²) in [5, 5.41) is 0. The fourth-order valence-electron chi connectivity index (χ4n) is 4.40. The van der Waals surface area contributed by atoms with E-state index in [0.29, 0.717) is 0 Å². The van der Waals surface area contributed by atoms with Gasteiger partial charge in [-0.15, -0.1) is 6.58 Å². The molecule has 1 aliphatic rings. The molecule has 1 rings (SSSR count). The minimum atomic E-state index is 0.786. The third kappa shape index (κ3) is 3.62. The highest BCUT2D eigenvalue weighted by Gasteiger charge is 2.34. The van der Waals surface area contributed by atoms with Crippen molar-refractivity contribution in [2.24, 2.45) is 29.6 Å². The molecule has 1 saturated carbocycles. The number of hydrogen-bond donors (Lipinski definition) is 0. The Labute approximate surface area is 115 Å². The highest BCUT2D eigenvalue weighted by atomic mass is 14.4. The zero-order valence-corrected chi connectivity index (χ0v) is 13.1. The van der Waals surface area contributed by atoms with Crippen LogP contribution in [0.3, 0.4) is 0 Å². The lowest BCUT2D eigenvalue weighted by Crippen LogP contribution is -2.31. The minimum absolute atomic E-state index is 0.786. The lowest BCUT2D eigenvalue weighted by atomic mass is 9.64. The summed E-state index contributed by atoms with van der Waals surface area (Å²) in [6.07, 6.45) is 12.0. The molecular weight excluding hydrogens is 216 g/mol. The van der Waals surface area contributed by atoms with Crippen molar-refractivity contribution in [2.75, 3.05) is 0 Å². The van der Waals surface area contributed by atoms with Crippen LogP contribution in [0.2, 0.25) is 0 Å². The van der Waals surface area contributed by atoms with Crippen molar-refractivity contribution in [3.63, 3.8) is 0 Å². The van der Waals surface area contributed by atoms with Gasteiger partial charge >= 0.3 is 0 Å². The van der Waals surface area contributed by atoms with E-state index in [1.807, 2.05) is 0 Å². The molecule has 0 heteroatoms. The Morgan fingerprint density at radius 2 is 1.50 bits per heavy atom. The van der Waals surface area contributed by atoms with Gasteiger partial charge in [0.25, 0.3) is 0 Å². The molecule has 3 unspecified atom stereocenters. The van der Waals surface area contributed by atoms with Crippen molar-refractivity contribution in [2.45, 2.75) is 72.6 Å². The maximum Gasteiger partial charge on any atom is -0.0202 e. The first kappa shape index (κ1) is 15.8. The summed E-state index contributed by atoms with van der Waals surface area (Å²) in [5.41, 5.74) is 0. The van der Waals surface area contributed by atoms with Gasteiger partial charge in [0.15, 0.2) is 0 Å². The van der Waals surface area contributed by atoms with Gasteiger partial charge < -0.3 is 0 Å². The first-order valence-corrected chi connectivity index (χ1v) is 8.34. The summed E-state index contributed by atoms with van der Waals surface area (Å²) in [6, 6.07) is 0. The van der Waals surface area contributed by atoms with Crippen LogP contribution in [0, 0.1) is 29.6 Å². The topological polar surface area (TPSA) is 0 Å². The summed E-state index contributed by atoms with van der Waals surface area (Å²) in [6.45, 7) is 13.6. The van der Waals surface area contributed by atoms with Gasteiger partial charge in [0.1, 0.15) is 0 Å². The summed E-state index contributed by atoms with van der Waals surface area (Å²) in [5.74, 6) is 4.55. The first-order chi connectivity index (χ1) is 8.71. The summed E-state index contributed by atoms with van der Waals surface area (Å²) < 4.78 is 0. The van der Waals surface area contributed by atoms with Crippen LogP contribution in [-0.2, 0) is 0 Å². The predicted octanol–water partition coefficient (Wildman–Crippen LogP) is 6.08. The summed E-state index contributed by atoms with van der Waals surface area (Å²) >= 11 is 0. The molecule has 1 aliphatic carbocycles. The smallest absolute Gasteiger partial charge is 0.0202 e. The molecule has 0 nitrogen and oxygen atoms in total. The van der Waals surface area contributed by atoms with Crippen molar-refractivity contribution >= 4 is 0 Å². The maximum atomic E-state index is 4.13. The fraction of sp³-hybridized carbons (Fsp3) is 0.889. The van der Waals surface area contributed by atoms with E-state index in [0.717, 1.165) is 29.6 Å². The van der Waals surface area contributed by atoms with Gasteiger partial charge in [-0.05, 0) is 48.9 Å². The van der Waals surface area contributed by atoms with Gasteiger partial charge in [0.05, 0.1) is 0 Å². The largest absolute Gasteiger partial charge is 0.103 e. The maximum absolute atomic E-state index is 4.13. The average Bonchev–Trinajstić information content (AvgIpc) is 2.42. The molecule has 106 valence electrons. The van der Waals surface area contributed by atoms with Crippen molar-refractivity contribution < 1.29 is 0 Å². The second-order valence-electron chi connectivity index (χ2n) is 6.29. The van der Waals surface area contributed by atoms with Crippen LogP contribution in [0.15, 0.2) is 12.7 Å². The number of rotatable bonds is 7. The van der Waals surface area contributed by atoms with Gasteiger partial charge in [-0.3, -0.25) is 0 Å². The van der Waals surface area contributed by atoms with E-state index < -0.39 is 0 Å². The molecule has 0 aromatic heterocycles. The van der Waals surface area contributed by atoms with E-state index in [9.17, 15) is 0 Å². The fourth-order valence-corrected chi connectivity index (χ4v) is 4.40. The molecule has 0 heterocycles. The Morgan fingerprint density at radius 1 is 0.944 bits per heavy atom. The normalized spacial score (nSPS) is 28.9. The SMILES string of the molecule is C=CC1CC(C(CC)CC)CCC1C(CC)CC. The predicted molar refractivity (Wildman–Crippen MR) is 82.7 cm³/mol. The van der Waals surface area contributed by atoms with Crippen molar-refractivity contribution in [3.8, 4) is 0 Å². The molecule has 0 aliphatic heterocycles. The quantitative estimate of drug-likeness (QED) is 0.480. The van der Waals surface area contributed by atoms with E-state index >= 15 is 0 Å². The third-order valence-electron chi connectivity index (χ3n) is 5.67. The second-order valence-corrected chi connectivity index (χ2v) is 6.29. The lowest BCUT2D eigenvalue weighted by molar-refractivity contribution is 0.112. The van der Waals surface area contributed by atoms with Crippen molar-refractivity contribution in [1.29, 1.82) is 0 Å². The van der Waals surface area contributed by atoms with E-state index in [-0.39, 0.29) is 0 Å². The molecule has 0 spiro atoms. The van der Waals surface area contributed by atoms with E-state index in [1.54, 1.807) is 0 Å². The Balaban J connectivity index is 2.66. The molecule has 1 fully saturated rings. The van der Waals surface area contributed by atoms with Crippen LogP contribution in [-0.4, -0.2) is 0 Å². The first-order valence-electron chi connectivity index (χ1n) is 8.34. The molecule has 18 heavy (non-hydrogen) atoms. The van der Waals surface area contributed by atoms with Crippen LogP contribution < -0.4 is 0 Å². The number of allylic oxidation sites excluding steroid dienone is 1. The standard InChI is InChI=1S/C18H34/c1-6-14(7-2)17-11-12-18(15(8-3)9-4)16(10-5)13-17/h10,14-18H,5-9,11-13H2,1-4H3. The Kier molecular flexibility index (Phi) is 7.04. The molecule has 3 atom stereocenters. The monoisotopic (exact) mass is 250 g/mol. The van der Waals surface area contributed by atoms with Crippen LogP contribution in [0.4, 0.5) is 0 Å². The van der Waals surface area contributed by atoms with Crippen molar-refractivity contribution in [1.82, 2.24) is 0 Å². The number of hydrogen-bond acceptors (Lipinski definition) is 0. The highest BCUT2D eigenvalue weighted by molar-refractivity contribution is 4.93. The Morgan fingerprint density at radius 3 is 1.94 bits per heavy atom. The van der Waals surface area contributed by atoms with Gasteiger partial charge in [0.2, 0.25) is 0 Å². The Hall–Kier alpha value is -0.260. The zero-order chi connectivity index (χ0) is 13.5. The highest BCUT2D eigenvalue weighted by Crippen LogP contribution is 2.44. The van der Waals surface area contributed by atoms with Crippen molar-refractivity contribution in [3.05, 3.63) is 12.7 Å². The zero-order valence-electron chi connectivity index (χ0n) is 13.1. The summed E-state index contributed by atoms with van der Waals surface area (Å²) in [4.78, 5) is 0. The van der Waals surface area contributed by atoms with Gasteiger partial charge in [-0.2, -0.15) is 0 Å². The summed E-state index contributed by atoms with van der Waals surface area (Å²) in [7, 11) is 0. The average molecular weight is 250 g/mol. The minimum Gasteiger partial charge on any atom is -0.103 e. The Bertz CT molecular complexity index is 222. The van der Waals surface area contributed by atoms with E-state index in [2.05, 4.69) is 40.3 Å². The molecular formula is C18H34. The van der Waals surface area contributed by atoms with E-state index in [1.165, 1.54) is 44.9 Å². The van der Waals surface area contributed by atoms with Gasteiger partial charge in [-0.1, -0.05) is 59.5 Å². The lowest BCUT2D eigenvalue weighted by Gasteiger charge is -2.41. The van der Waals surface area contributed by atoms with Crippen LogP contribution in [0.5, 0.6) is 0 Å². The van der Waals surface area contributed by atoms with E-state index in [4.69, 9.17) is 0 Å².